The van der Waals surface area contributed by atoms with Crippen molar-refractivity contribution >= 4 is 23.6 Å². The van der Waals surface area contributed by atoms with Crippen LogP contribution in [0.1, 0.15) is 47.3 Å². The number of anilines is 1. The van der Waals surface area contributed by atoms with Gasteiger partial charge >= 0.3 is 5.97 Å². The first-order valence-corrected chi connectivity index (χ1v) is 10.7. The molecule has 3 rings (SSSR count). The summed E-state index contributed by atoms with van der Waals surface area (Å²) >= 11 is 0. The Morgan fingerprint density at radius 3 is 2.91 bits per heavy atom. The number of phenols is 1. The highest BCUT2D eigenvalue weighted by molar-refractivity contribution is 5.97. The van der Waals surface area contributed by atoms with Gasteiger partial charge in [0, 0.05) is 38.1 Å². The van der Waals surface area contributed by atoms with E-state index in [1.165, 1.54) is 6.07 Å². The second-order valence-electron chi connectivity index (χ2n) is 7.38. The SMILES string of the molecule is CNc1cccc(CCOc2cc(O)c3c(c2)C=CCCCC(=O)CC=CCOC3=O)n1. The van der Waals surface area contributed by atoms with Crippen LogP contribution < -0.4 is 10.1 Å². The molecule has 2 aromatic rings. The summed E-state index contributed by atoms with van der Waals surface area (Å²) in [6.45, 7) is 0.394. The predicted octanol–water partition coefficient (Wildman–Crippen LogP) is 4.32. The minimum absolute atomic E-state index is 0.0334. The zero-order valence-electron chi connectivity index (χ0n) is 18.2. The second kappa shape index (κ2) is 11.7. The molecule has 1 aliphatic rings. The number of hydrogen-bond acceptors (Lipinski definition) is 7. The topological polar surface area (TPSA) is 97.7 Å². The van der Waals surface area contributed by atoms with Crippen LogP contribution in [0.25, 0.3) is 6.08 Å². The number of allylic oxidation sites excluding steroid dienone is 2. The van der Waals surface area contributed by atoms with Gasteiger partial charge in [0.15, 0.2) is 0 Å². The lowest BCUT2D eigenvalue weighted by atomic mass is 10.0. The van der Waals surface area contributed by atoms with Crippen LogP contribution in [0.3, 0.4) is 0 Å². The number of phenolic OH excluding ortho intramolecular Hbond substituents is 1. The van der Waals surface area contributed by atoms with E-state index < -0.39 is 5.97 Å². The van der Waals surface area contributed by atoms with Gasteiger partial charge in [0.2, 0.25) is 0 Å². The number of ether oxygens (including phenoxy) is 2. The van der Waals surface area contributed by atoms with Crippen molar-refractivity contribution in [1.29, 1.82) is 0 Å². The number of nitrogens with one attached hydrogen (secondary N) is 1. The molecule has 32 heavy (non-hydrogen) atoms. The number of benzene rings is 1. The summed E-state index contributed by atoms with van der Waals surface area (Å²) in [5.41, 5.74) is 1.48. The molecule has 0 atom stereocenters. The number of hydrogen-bond donors (Lipinski definition) is 2. The molecule has 7 heteroatoms. The molecule has 0 saturated heterocycles. The van der Waals surface area contributed by atoms with Crippen molar-refractivity contribution in [3.63, 3.8) is 0 Å². The Balaban J connectivity index is 1.75. The third kappa shape index (κ3) is 6.70. The van der Waals surface area contributed by atoms with E-state index in [9.17, 15) is 14.7 Å². The summed E-state index contributed by atoms with van der Waals surface area (Å²) < 4.78 is 11.1. The second-order valence-corrected chi connectivity index (χ2v) is 7.38. The molecule has 7 nitrogen and oxygen atoms in total. The zero-order valence-corrected chi connectivity index (χ0v) is 18.2. The van der Waals surface area contributed by atoms with E-state index in [-0.39, 0.29) is 23.7 Å². The van der Waals surface area contributed by atoms with E-state index in [4.69, 9.17) is 9.47 Å². The number of rotatable bonds is 5. The molecule has 0 radical (unpaired) electrons. The predicted molar refractivity (Wildman–Crippen MR) is 123 cm³/mol. The van der Waals surface area contributed by atoms with Crippen molar-refractivity contribution in [3.8, 4) is 11.5 Å². The first-order valence-electron chi connectivity index (χ1n) is 10.7. The molecule has 0 bridgehead atoms. The first kappa shape index (κ1) is 23.1. The number of aromatic nitrogens is 1. The molecule has 0 spiro atoms. The molecular formula is C25H28N2O5. The Bertz CT molecular complexity index is 1010. The number of pyridine rings is 1. The Morgan fingerprint density at radius 2 is 2.06 bits per heavy atom. The van der Waals surface area contributed by atoms with Gasteiger partial charge in [-0.15, -0.1) is 0 Å². The minimum atomic E-state index is -0.630. The average Bonchev–Trinajstić information content (AvgIpc) is 2.78. The largest absolute Gasteiger partial charge is 0.507 e. The molecule has 0 fully saturated rings. The summed E-state index contributed by atoms with van der Waals surface area (Å²) in [6, 6.07) is 8.85. The summed E-state index contributed by atoms with van der Waals surface area (Å²) in [5.74, 6) is 0.552. The quantitative estimate of drug-likeness (QED) is 0.532. The van der Waals surface area contributed by atoms with Crippen LogP contribution >= 0.6 is 0 Å². The zero-order chi connectivity index (χ0) is 22.8. The number of nitrogens with zero attached hydrogens (tertiary/aromatic N) is 1. The Labute approximate surface area is 187 Å². The van der Waals surface area contributed by atoms with Gasteiger partial charge in [-0.3, -0.25) is 4.79 Å². The van der Waals surface area contributed by atoms with E-state index in [1.807, 2.05) is 31.3 Å². The molecule has 1 aromatic carbocycles. The maximum absolute atomic E-state index is 12.6. The van der Waals surface area contributed by atoms with Crippen molar-refractivity contribution in [1.82, 2.24) is 4.98 Å². The number of cyclic esters (lactones) is 1. The summed E-state index contributed by atoms with van der Waals surface area (Å²) in [5, 5.41) is 13.5. The molecule has 0 aliphatic carbocycles. The van der Waals surface area contributed by atoms with Crippen LogP contribution in [-0.4, -0.2) is 42.1 Å². The Morgan fingerprint density at radius 1 is 1.19 bits per heavy atom. The fraction of sp³-hybridized carbons (Fsp3) is 0.320. The van der Waals surface area contributed by atoms with Crippen LogP contribution in [0.15, 0.2) is 48.6 Å². The van der Waals surface area contributed by atoms with Crippen molar-refractivity contribution in [2.24, 2.45) is 0 Å². The highest BCUT2D eigenvalue weighted by Crippen LogP contribution is 2.30. The Hall–Kier alpha value is -3.61. The number of carbonyl (C=O) groups excluding carboxylic acids is 2. The van der Waals surface area contributed by atoms with Crippen molar-refractivity contribution in [2.75, 3.05) is 25.6 Å². The van der Waals surface area contributed by atoms with Gasteiger partial charge in [-0.1, -0.05) is 30.4 Å². The lowest BCUT2D eigenvalue weighted by Crippen LogP contribution is -2.09. The normalized spacial score (nSPS) is 14.9. The van der Waals surface area contributed by atoms with E-state index in [2.05, 4.69) is 10.3 Å². The van der Waals surface area contributed by atoms with E-state index in [0.717, 1.165) is 17.9 Å². The summed E-state index contributed by atoms with van der Waals surface area (Å²) in [7, 11) is 1.81. The van der Waals surface area contributed by atoms with E-state index in [0.29, 0.717) is 43.6 Å². The van der Waals surface area contributed by atoms with Crippen LogP contribution in [-0.2, 0) is 16.0 Å². The minimum Gasteiger partial charge on any atom is -0.507 e. The third-order valence-electron chi connectivity index (χ3n) is 4.96. The fourth-order valence-electron chi connectivity index (χ4n) is 3.30. The maximum Gasteiger partial charge on any atom is 0.342 e. The average molecular weight is 437 g/mol. The fourth-order valence-corrected chi connectivity index (χ4v) is 3.30. The maximum atomic E-state index is 12.6. The monoisotopic (exact) mass is 436 g/mol. The highest BCUT2D eigenvalue weighted by atomic mass is 16.5. The lowest BCUT2D eigenvalue weighted by molar-refractivity contribution is -0.118. The molecule has 0 unspecified atom stereocenters. The van der Waals surface area contributed by atoms with Crippen molar-refractivity contribution in [2.45, 2.75) is 32.1 Å². The van der Waals surface area contributed by atoms with Crippen molar-refractivity contribution in [3.05, 3.63) is 65.4 Å². The van der Waals surface area contributed by atoms with E-state index >= 15 is 0 Å². The Kier molecular flexibility index (Phi) is 8.43. The van der Waals surface area contributed by atoms with Crippen LogP contribution in [0, 0.1) is 0 Å². The van der Waals surface area contributed by atoms with Crippen molar-refractivity contribution < 1.29 is 24.2 Å². The van der Waals surface area contributed by atoms with Gasteiger partial charge in [-0.05, 0) is 36.6 Å². The molecule has 1 aromatic heterocycles. The number of ketones is 1. The lowest BCUT2D eigenvalue weighted by Gasteiger charge is -2.13. The third-order valence-corrected chi connectivity index (χ3v) is 4.96. The standard InChI is InChI=1S/C25H28N2O5/c1-26-23-12-7-9-19(27-23)13-15-31-21-16-18-8-3-2-4-10-20(28)11-5-6-14-32-25(30)24(18)22(29)17-21/h3,5-9,12,16-17,29H,2,4,10-11,13-15H2,1H3,(H,26,27). The van der Waals surface area contributed by atoms with Gasteiger partial charge in [-0.2, -0.15) is 0 Å². The molecule has 0 saturated carbocycles. The first-order chi connectivity index (χ1) is 15.6. The van der Waals surface area contributed by atoms with Gasteiger partial charge in [0.25, 0.3) is 0 Å². The van der Waals surface area contributed by atoms with E-state index in [1.54, 1.807) is 24.3 Å². The van der Waals surface area contributed by atoms with Crippen LogP contribution in [0.2, 0.25) is 0 Å². The number of esters is 1. The molecule has 0 amide bonds. The summed E-state index contributed by atoms with van der Waals surface area (Å²) in [4.78, 5) is 28.8. The number of Topliss-reactive ketones (excluding diaryl/α,β-unsaturated/α-hetero) is 1. The van der Waals surface area contributed by atoms with Gasteiger partial charge in [0.05, 0.1) is 6.61 Å². The number of fused-ring (bicyclic) bond motifs is 1. The molecule has 2 heterocycles. The summed E-state index contributed by atoms with van der Waals surface area (Å²) in [6.07, 6.45) is 9.82. The molecule has 2 N–H and O–H groups in total. The number of aromatic hydroxyl groups is 1. The molecule has 1 aliphatic heterocycles. The number of carbonyl (C=O) groups is 2. The molecular weight excluding hydrogens is 408 g/mol. The van der Waals surface area contributed by atoms with Gasteiger partial charge in [0.1, 0.15) is 35.3 Å². The van der Waals surface area contributed by atoms with Crippen LogP contribution in [0.4, 0.5) is 5.82 Å². The molecule has 168 valence electrons. The van der Waals surface area contributed by atoms with Gasteiger partial charge in [-0.25, -0.2) is 9.78 Å². The van der Waals surface area contributed by atoms with Gasteiger partial charge < -0.3 is 19.9 Å². The smallest absolute Gasteiger partial charge is 0.342 e. The highest BCUT2D eigenvalue weighted by Gasteiger charge is 2.18. The van der Waals surface area contributed by atoms with Crippen LogP contribution in [0.5, 0.6) is 11.5 Å².